The van der Waals surface area contributed by atoms with E-state index in [0.717, 1.165) is 18.2 Å². The number of anilines is 2. The first-order valence-corrected chi connectivity index (χ1v) is 8.03. The van der Waals surface area contributed by atoms with Gasteiger partial charge in [-0.15, -0.1) is 5.10 Å². The number of amides is 1. The highest BCUT2D eigenvalue weighted by Crippen LogP contribution is 2.14. The Balaban J connectivity index is 2.24. The first-order chi connectivity index (χ1) is 11.0. The zero-order chi connectivity index (χ0) is 16.8. The van der Waals surface area contributed by atoms with Crippen molar-refractivity contribution in [2.24, 2.45) is 5.73 Å². The van der Waals surface area contributed by atoms with Gasteiger partial charge in [-0.3, -0.25) is 4.79 Å². The van der Waals surface area contributed by atoms with Crippen molar-refractivity contribution >= 4 is 29.6 Å². The van der Waals surface area contributed by atoms with Crippen molar-refractivity contribution < 1.29 is 4.79 Å². The van der Waals surface area contributed by atoms with Gasteiger partial charge in [0.25, 0.3) is 5.95 Å². The number of nitrogens with one attached hydrogen (secondary N) is 2. The zero-order valence-electron chi connectivity index (χ0n) is 13.1. The molecular formula is C12H19N9OS. The van der Waals surface area contributed by atoms with Gasteiger partial charge in [0.05, 0.1) is 5.75 Å². The summed E-state index contributed by atoms with van der Waals surface area (Å²) < 4.78 is 1.42. The molecule has 0 unspecified atom stereocenters. The predicted octanol–water partition coefficient (Wildman–Crippen LogP) is 0.282. The van der Waals surface area contributed by atoms with Crippen LogP contribution in [0.1, 0.15) is 20.3 Å². The van der Waals surface area contributed by atoms with E-state index in [1.165, 1.54) is 11.0 Å². The van der Waals surface area contributed by atoms with Crippen LogP contribution in [0, 0.1) is 0 Å². The third kappa shape index (κ3) is 4.77. The fourth-order valence-corrected chi connectivity index (χ4v) is 2.05. The number of carbonyl (C=O) groups is 1. The van der Waals surface area contributed by atoms with Crippen molar-refractivity contribution in [2.45, 2.75) is 31.5 Å². The van der Waals surface area contributed by atoms with Crippen molar-refractivity contribution in [3.05, 3.63) is 6.33 Å². The highest BCUT2D eigenvalue weighted by Gasteiger charge is 2.12. The van der Waals surface area contributed by atoms with Crippen molar-refractivity contribution in [1.82, 2.24) is 29.7 Å². The number of carbonyl (C=O) groups excluding carboxylic acids is 1. The molecular weight excluding hydrogens is 318 g/mol. The summed E-state index contributed by atoms with van der Waals surface area (Å²) in [7, 11) is 1.72. The summed E-state index contributed by atoms with van der Waals surface area (Å²) in [5.41, 5.74) is 5.10. The molecule has 10 nitrogen and oxygen atoms in total. The third-order valence-electron chi connectivity index (χ3n) is 2.85. The van der Waals surface area contributed by atoms with Crippen LogP contribution in [0.3, 0.4) is 0 Å². The van der Waals surface area contributed by atoms with E-state index in [0.29, 0.717) is 23.0 Å². The quantitative estimate of drug-likeness (QED) is 0.580. The predicted molar refractivity (Wildman–Crippen MR) is 87.6 cm³/mol. The SMILES string of the molecule is CC[C@H](C)Nc1nc(NC)nc(-n2cnc(SCC(N)=O)n2)n1. The molecule has 2 rings (SSSR count). The minimum Gasteiger partial charge on any atom is -0.369 e. The van der Waals surface area contributed by atoms with E-state index in [1.807, 2.05) is 6.92 Å². The van der Waals surface area contributed by atoms with Gasteiger partial charge in [-0.25, -0.2) is 4.98 Å². The molecule has 0 aromatic carbocycles. The van der Waals surface area contributed by atoms with E-state index in [2.05, 4.69) is 42.6 Å². The fraction of sp³-hybridized carbons (Fsp3) is 0.500. The molecule has 2 aromatic heterocycles. The normalized spacial score (nSPS) is 12.0. The van der Waals surface area contributed by atoms with Gasteiger partial charge in [0.1, 0.15) is 6.33 Å². The smallest absolute Gasteiger partial charge is 0.258 e. The van der Waals surface area contributed by atoms with Crippen molar-refractivity contribution in [2.75, 3.05) is 23.4 Å². The first-order valence-electron chi connectivity index (χ1n) is 7.05. The number of primary amides is 1. The van der Waals surface area contributed by atoms with E-state index in [4.69, 9.17) is 5.73 Å². The number of aromatic nitrogens is 6. The lowest BCUT2D eigenvalue weighted by Crippen LogP contribution is -2.18. The van der Waals surface area contributed by atoms with Crippen LogP contribution >= 0.6 is 11.8 Å². The second-order valence-electron chi connectivity index (χ2n) is 4.71. The molecule has 0 bridgehead atoms. The fourth-order valence-electron chi connectivity index (χ4n) is 1.51. The van der Waals surface area contributed by atoms with Crippen LogP contribution in [-0.4, -0.2) is 54.5 Å². The summed E-state index contributed by atoms with van der Waals surface area (Å²) in [6.07, 6.45) is 2.41. The summed E-state index contributed by atoms with van der Waals surface area (Å²) in [6, 6.07) is 0.229. The Bertz CT molecular complexity index is 674. The average molecular weight is 337 g/mol. The Labute approximate surface area is 137 Å². The van der Waals surface area contributed by atoms with Gasteiger partial charge in [-0.05, 0) is 13.3 Å². The first kappa shape index (κ1) is 16.9. The zero-order valence-corrected chi connectivity index (χ0v) is 14.0. The number of thioether (sulfide) groups is 1. The Morgan fingerprint density at radius 1 is 1.39 bits per heavy atom. The number of nitrogens with zero attached hydrogens (tertiary/aromatic N) is 6. The summed E-state index contributed by atoms with van der Waals surface area (Å²) in [5, 5.41) is 10.7. The van der Waals surface area contributed by atoms with Crippen LogP contribution in [0.25, 0.3) is 5.95 Å². The molecule has 0 radical (unpaired) electrons. The molecule has 0 saturated heterocycles. The number of rotatable bonds is 8. The molecule has 0 aliphatic heterocycles. The molecule has 0 aliphatic carbocycles. The maximum absolute atomic E-state index is 10.8. The Morgan fingerprint density at radius 3 is 2.78 bits per heavy atom. The minimum atomic E-state index is -0.427. The topological polar surface area (TPSA) is 137 Å². The summed E-state index contributed by atoms with van der Waals surface area (Å²) in [4.78, 5) is 27.7. The van der Waals surface area contributed by atoms with Crippen LogP contribution in [-0.2, 0) is 4.79 Å². The molecule has 1 atom stereocenters. The molecule has 124 valence electrons. The monoisotopic (exact) mass is 337 g/mol. The van der Waals surface area contributed by atoms with E-state index in [-0.39, 0.29) is 11.8 Å². The third-order valence-corrected chi connectivity index (χ3v) is 3.73. The number of nitrogens with two attached hydrogens (primary N) is 1. The molecule has 11 heteroatoms. The van der Waals surface area contributed by atoms with Gasteiger partial charge in [0.15, 0.2) is 0 Å². The molecule has 23 heavy (non-hydrogen) atoms. The maximum atomic E-state index is 10.8. The molecule has 0 fully saturated rings. The Hall–Kier alpha value is -2.43. The second-order valence-corrected chi connectivity index (χ2v) is 5.66. The minimum absolute atomic E-state index is 0.115. The molecule has 2 heterocycles. The van der Waals surface area contributed by atoms with Crippen LogP contribution in [0.2, 0.25) is 0 Å². The van der Waals surface area contributed by atoms with Crippen molar-refractivity contribution in [1.29, 1.82) is 0 Å². The molecule has 1 amide bonds. The standard InChI is InChI=1S/C12H19N9OS/c1-4-7(2)16-10-17-9(14-3)18-11(19-10)21-6-15-12(20-21)23-5-8(13)22/h6-7H,4-5H2,1-3H3,(H2,13,22)(H2,14,16,17,18,19)/t7-/m0/s1. The maximum Gasteiger partial charge on any atom is 0.258 e. The lowest BCUT2D eigenvalue weighted by molar-refractivity contribution is -0.115. The van der Waals surface area contributed by atoms with Crippen molar-refractivity contribution in [3.8, 4) is 5.95 Å². The van der Waals surface area contributed by atoms with Crippen molar-refractivity contribution in [3.63, 3.8) is 0 Å². The van der Waals surface area contributed by atoms with Gasteiger partial charge in [0.2, 0.25) is 23.0 Å². The van der Waals surface area contributed by atoms with E-state index in [9.17, 15) is 4.79 Å². The van der Waals surface area contributed by atoms with E-state index in [1.54, 1.807) is 7.05 Å². The van der Waals surface area contributed by atoms with Gasteiger partial charge in [0, 0.05) is 13.1 Å². The summed E-state index contributed by atoms with van der Waals surface area (Å²) >= 11 is 1.15. The number of hydrogen-bond donors (Lipinski definition) is 3. The van der Waals surface area contributed by atoms with E-state index >= 15 is 0 Å². The van der Waals surface area contributed by atoms with Gasteiger partial charge in [-0.2, -0.15) is 19.6 Å². The molecule has 0 spiro atoms. The Morgan fingerprint density at radius 2 is 2.13 bits per heavy atom. The molecule has 2 aromatic rings. The molecule has 0 aliphatic rings. The lowest BCUT2D eigenvalue weighted by Gasteiger charge is -2.12. The Kier molecular flexibility index (Phi) is 5.68. The van der Waals surface area contributed by atoms with Gasteiger partial charge < -0.3 is 16.4 Å². The summed E-state index contributed by atoms with van der Waals surface area (Å²) in [6.45, 7) is 4.11. The largest absolute Gasteiger partial charge is 0.369 e. The van der Waals surface area contributed by atoms with Gasteiger partial charge in [-0.1, -0.05) is 18.7 Å². The highest BCUT2D eigenvalue weighted by atomic mass is 32.2. The van der Waals surface area contributed by atoms with Crippen LogP contribution in [0.15, 0.2) is 11.5 Å². The highest BCUT2D eigenvalue weighted by molar-refractivity contribution is 7.99. The van der Waals surface area contributed by atoms with Gasteiger partial charge >= 0.3 is 0 Å². The van der Waals surface area contributed by atoms with Crippen LogP contribution < -0.4 is 16.4 Å². The average Bonchev–Trinajstić information content (AvgIpc) is 3.01. The summed E-state index contributed by atoms with van der Waals surface area (Å²) in [5.74, 6) is 0.889. The van der Waals surface area contributed by atoms with Crippen LogP contribution in [0.4, 0.5) is 11.9 Å². The molecule has 4 N–H and O–H groups in total. The molecule has 0 saturated carbocycles. The lowest BCUT2D eigenvalue weighted by atomic mass is 10.3. The number of hydrogen-bond acceptors (Lipinski definition) is 9. The second kappa shape index (κ2) is 7.72. The van der Waals surface area contributed by atoms with E-state index < -0.39 is 5.91 Å². The van der Waals surface area contributed by atoms with Crippen LogP contribution in [0.5, 0.6) is 0 Å².